The monoisotopic (exact) mass is 234 g/mol. The fraction of sp³-hybridized carbons (Fsp3) is 0.357. The van der Waals surface area contributed by atoms with Gasteiger partial charge in [0.25, 0.3) is 0 Å². The summed E-state index contributed by atoms with van der Waals surface area (Å²) in [6.07, 6.45) is 1.80. The fourth-order valence-corrected chi connectivity index (χ4v) is 1.23. The molecule has 0 atom stereocenters. The van der Waals surface area contributed by atoms with E-state index in [1.54, 1.807) is 27.0 Å². The van der Waals surface area contributed by atoms with Crippen LogP contribution in [0.4, 0.5) is 0 Å². The second kappa shape index (κ2) is 6.86. The van der Waals surface area contributed by atoms with Gasteiger partial charge in [0.2, 0.25) is 0 Å². The lowest BCUT2D eigenvalue weighted by Crippen LogP contribution is -1.97. The van der Waals surface area contributed by atoms with Crippen LogP contribution >= 0.6 is 0 Å². The maximum Gasteiger partial charge on any atom is 0.155 e. The Hall–Kier alpha value is -1.61. The van der Waals surface area contributed by atoms with Crippen LogP contribution < -0.4 is 4.74 Å². The molecule has 0 heterocycles. The molecule has 1 aromatic carbocycles. The van der Waals surface area contributed by atoms with Crippen LogP contribution in [0.3, 0.4) is 0 Å². The Kier molecular flexibility index (Phi) is 5.43. The molecule has 1 rings (SSSR count). The van der Waals surface area contributed by atoms with Crippen LogP contribution in [0.25, 0.3) is 0 Å². The number of hydrogen-bond acceptors (Lipinski definition) is 3. The minimum atomic E-state index is 0.0815. The van der Waals surface area contributed by atoms with Gasteiger partial charge >= 0.3 is 0 Å². The van der Waals surface area contributed by atoms with E-state index in [1.165, 1.54) is 0 Å². The molecule has 0 fully saturated rings. The summed E-state index contributed by atoms with van der Waals surface area (Å²) in [5, 5.41) is 0. The average Bonchev–Trinajstić information content (AvgIpc) is 2.35. The molecule has 0 unspecified atom stereocenters. The zero-order chi connectivity index (χ0) is 12.7. The molecule has 0 saturated carbocycles. The topological polar surface area (TPSA) is 35.5 Å². The van der Waals surface area contributed by atoms with Crippen molar-refractivity contribution < 1.29 is 14.3 Å². The first kappa shape index (κ1) is 13.5. The van der Waals surface area contributed by atoms with E-state index in [4.69, 9.17) is 9.47 Å². The summed E-state index contributed by atoms with van der Waals surface area (Å²) in [5.74, 6) is 0.916. The van der Waals surface area contributed by atoms with E-state index in [0.29, 0.717) is 13.2 Å². The standard InChI is InChI=1S/C14H18O3/c1-11(12(2)15)8-9-17-10-13-4-6-14(16-3)7-5-13/h4-8H,9-10H2,1-3H3/b11-8+. The van der Waals surface area contributed by atoms with Crippen LogP contribution in [-0.4, -0.2) is 19.5 Å². The fourth-order valence-electron chi connectivity index (χ4n) is 1.23. The van der Waals surface area contributed by atoms with Crippen LogP contribution in [0.2, 0.25) is 0 Å². The van der Waals surface area contributed by atoms with E-state index in [-0.39, 0.29) is 5.78 Å². The van der Waals surface area contributed by atoms with Crippen LogP contribution in [0.15, 0.2) is 35.9 Å². The zero-order valence-corrected chi connectivity index (χ0v) is 10.5. The van der Waals surface area contributed by atoms with Gasteiger partial charge in [0.05, 0.1) is 20.3 Å². The van der Waals surface area contributed by atoms with Gasteiger partial charge in [0, 0.05) is 0 Å². The largest absolute Gasteiger partial charge is 0.497 e. The molecule has 3 heteroatoms. The number of hydrogen-bond donors (Lipinski definition) is 0. The molecule has 0 aliphatic heterocycles. The van der Waals surface area contributed by atoms with Crippen LogP contribution in [0.5, 0.6) is 5.75 Å². The van der Waals surface area contributed by atoms with Gasteiger partial charge in [-0.15, -0.1) is 0 Å². The second-order valence-electron chi connectivity index (χ2n) is 3.81. The van der Waals surface area contributed by atoms with Gasteiger partial charge in [-0.3, -0.25) is 4.79 Å². The van der Waals surface area contributed by atoms with Crippen molar-refractivity contribution in [2.75, 3.05) is 13.7 Å². The molecule has 0 amide bonds. The van der Waals surface area contributed by atoms with E-state index in [2.05, 4.69) is 0 Å². The smallest absolute Gasteiger partial charge is 0.155 e. The van der Waals surface area contributed by atoms with Gasteiger partial charge in [0.1, 0.15) is 5.75 Å². The van der Waals surface area contributed by atoms with Crippen molar-refractivity contribution in [3.63, 3.8) is 0 Å². The van der Waals surface area contributed by atoms with E-state index >= 15 is 0 Å². The molecule has 0 aromatic heterocycles. The number of ketones is 1. The SMILES string of the molecule is COc1ccc(COC/C=C(\C)C(C)=O)cc1. The quantitative estimate of drug-likeness (QED) is 0.561. The molecular formula is C14H18O3. The summed E-state index contributed by atoms with van der Waals surface area (Å²) in [4.78, 5) is 10.9. The summed E-state index contributed by atoms with van der Waals surface area (Å²) in [5.41, 5.74) is 1.82. The Labute approximate surface area is 102 Å². The summed E-state index contributed by atoms with van der Waals surface area (Å²) < 4.78 is 10.5. The Morgan fingerprint density at radius 3 is 2.41 bits per heavy atom. The maximum atomic E-state index is 10.9. The van der Waals surface area contributed by atoms with E-state index in [9.17, 15) is 4.79 Å². The number of ether oxygens (including phenoxy) is 2. The summed E-state index contributed by atoms with van der Waals surface area (Å²) in [7, 11) is 1.64. The molecular weight excluding hydrogens is 216 g/mol. The molecule has 0 spiro atoms. The summed E-state index contributed by atoms with van der Waals surface area (Å²) in [6.45, 7) is 4.33. The highest BCUT2D eigenvalue weighted by molar-refractivity contribution is 5.92. The molecule has 0 aliphatic rings. The molecule has 0 N–H and O–H groups in total. The number of carbonyl (C=O) groups is 1. The number of Topliss-reactive ketones (excluding diaryl/α,β-unsaturated/α-hetero) is 1. The predicted octanol–water partition coefficient (Wildman–Crippen LogP) is 2.75. The second-order valence-corrected chi connectivity index (χ2v) is 3.81. The molecule has 17 heavy (non-hydrogen) atoms. The first-order valence-corrected chi connectivity index (χ1v) is 5.52. The molecule has 92 valence electrons. The van der Waals surface area contributed by atoms with Crippen molar-refractivity contribution >= 4 is 5.78 Å². The van der Waals surface area contributed by atoms with Crippen molar-refractivity contribution in [2.45, 2.75) is 20.5 Å². The van der Waals surface area contributed by atoms with Crippen LogP contribution in [-0.2, 0) is 16.1 Å². The summed E-state index contributed by atoms with van der Waals surface area (Å²) in [6, 6.07) is 7.71. The highest BCUT2D eigenvalue weighted by Gasteiger charge is 1.96. The number of allylic oxidation sites excluding steroid dienone is 1. The van der Waals surface area contributed by atoms with Gasteiger partial charge in [-0.2, -0.15) is 0 Å². The number of methoxy groups -OCH3 is 1. The highest BCUT2D eigenvalue weighted by atomic mass is 16.5. The lowest BCUT2D eigenvalue weighted by Gasteiger charge is -2.04. The Balaban J connectivity index is 2.36. The van der Waals surface area contributed by atoms with Gasteiger partial charge in [-0.25, -0.2) is 0 Å². The number of rotatable bonds is 6. The molecule has 0 radical (unpaired) electrons. The van der Waals surface area contributed by atoms with Crippen molar-refractivity contribution in [1.29, 1.82) is 0 Å². The first-order chi connectivity index (χ1) is 8.13. The lowest BCUT2D eigenvalue weighted by atomic mass is 10.2. The zero-order valence-electron chi connectivity index (χ0n) is 10.5. The van der Waals surface area contributed by atoms with Gasteiger partial charge < -0.3 is 9.47 Å². The minimum absolute atomic E-state index is 0.0815. The molecule has 1 aromatic rings. The molecule has 0 aliphatic carbocycles. The van der Waals surface area contributed by atoms with Gasteiger partial charge in [-0.1, -0.05) is 18.2 Å². The third kappa shape index (κ3) is 4.83. The Morgan fingerprint density at radius 1 is 1.24 bits per heavy atom. The first-order valence-electron chi connectivity index (χ1n) is 5.52. The van der Waals surface area contributed by atoms with Crippen molar-refractivity contribution in [3.8, 4) is 5.75 Å². The summed E-state index contributed by atoms with van der Waals surface area (Å²) >= 11 is 0. The van der Waals surface area contributed by atoms with Crippen LogP contribution in [0.1, 0.15) is 19.4 Å². The van der Waals surface area contributed by atoms with Crippen molar-refractivity contribution in [1.82, 2.24) is 0 Å². The lowest BCUT2D eigenvalue weighted by molar-refractivity contribution is -0.113. The maximum absolute atomic E-state index is 10.9. The number of benzene rings is 1. The molecule has 3 nitrogen and oxygen atoms in total. The van der Waals surface area contributed by atoms with Crippen molar-refractivity contribution in [2.24, 2.45) is 0 Å². The van der Waals surface area contributed by atoms with E-state index in [1.807, 2.05) is 24.3 Å². The van der Waals surface area contributed by atoms with Crippen LogP contribution in [0, 0.1) is 0 Å². The molecule has 0 bridgehead atoms. The van der Waals surface area contributed by atoms with Crippen molar-refractivity contribution in [3.05, 3.63) is 41.5 Å². The van der Waals surface area contributed by atoms with E-state index in [0.717, 1.165) is 16.9 Å². The van der Waals surface area contributed by atoms with Gasteiger partial charge in [0.15, 0.2) is 5.78 Å². The van der Waals surface area contributed by atoms with Gasteiger partial charge in [-0.05, 0) is 37.1 Å². The average molecular weight is 234 g/mol. The third-order valence-electron chi connectivity index (χ3n) is 2.49. The normalized spacial score (nSPS) is 11.4. The Morgan fingerprint density at radius 2 is 1.88 bits per heavy atom. The molecule has 0 saturated heterocycles. The third-order valence-corrected chi connectivity index (χ3v) is 2.49. The highest BCUT2D eigenvalue weighted by Crippen LogP contribution is 2.11. The van der Waals surface area contributed by atoms with E-state index < -0.39 is 0 Å². The Bertz CT molecular complexity index is 390. The predicted molar refractivity (Wildman–Crippen MR) is 67.1 cm³/mol. The number of carbonyl (C=O) groups excluding carboxylic acids is 1. The minimum Gasteiger partial charge on any atom is -0.497 e.